The number of hydrogen-bond donors (Lipinski definition) is 1. The van der Waals surface area contributed by atoms with Gasteiger partial charge in [-0.2, -0.15) is 5.10 Å². The van der Waals surface area contributed by atoms with Crippen LogP contribution in [-0.2, 0) is 6.54 Å². The Labute approximate surface area is 86.3 Å². The summed E-state index contributed by atoms with van der Waals surface area (Å²) in [6.07, 6.45) is 4.98. The topological polar surface area (TPSA) is 56.7 Å². The van der Waals surface area contributed by atoms with E-state index in [2.05, 4.69) is 10.1 Å². The fraction of sp³-hybridized carbons (Fsp3) is 0.111. The van der Waals surface area contributed by atoms with Crippen molar-refractivity contribution in [2.75, 3.05) is 5.73 Å². The van der Waals surface area contributed by atoms with Gasteiger partial charge in [0.1, 0.15) is 0 Å². The highest BCUT2D eigenvalue weighted by Gasteiger charge is 1.98. The molecule has 0 bridgehead atoms. The third-order valence-electron chi connectivity index (χ3n) is 1.77. The number of pyridine rings is 1. The first-order chi connectivity index (χ1) is 6.74. The first-order valence-electron chi connectivity index (χ1n) is 4.12. The number of nitrogens with zero attached hydrogens (tertiary/aromatic N) is 3. The van der Waals surface area contributed by atoms with E-state index in [0.29, 0.717) is 17.3 Å². The standard InChI is InChI=1S/C9H9ClN4/c10-7-1-2-9(12-3-7)6-14-5-8(11)4-13-14/h1-5H,6,11H2. The molecule has 2 rings (SSSR count). The summed E-state index contributed by atoms with van der Waals surface area (Å²) in [6, 6.07) is 3.66. The molecule has 0 atom stereocenters. The van der Waals surface area contributed by atoms with Crippen LogP contribution in [0.15, 0.2) is 30.7 Å². The Morgan fingerprint density at radius 1 is 1.36 bits per heavy atom. The number of aromatic nitrogens is 3. The van der Waals surface area contributed by atoms with Crippen LogP contribution in [0.2, 0.25) is 5.02 Å². The largest absolute Gasteiger partial charge is 0.396 e. The fourth-order valence-electron chi connectivity index (χ4n) is 1.13. The van der Waals surface area contributed by atoms with Crippen molar-refractivity contribution in [3.8, 4) is 0 Å². The lowest BCUT2D eigenvalue weighted by Crippen LogP contribution is -2.01. The van der Waals surface area contributed by atoms with E-state index in [4.69, 9.17) is 17.3 Å². The lowest BCUT2D eigenvalue weighted by atomic mass is 10.3. The SMILES string of the molecule is Nc1cnn(Cc2ccc(Cl)cn2)c1. The van der Waals surface area contributed by atoms with Crippen LogP contribution in [0.4, 0.5) is 5.69 Å². The lowest BCUT2D eigenvalue weighted by Gasteiger charge is -2.00. The normalized spacial score (nSPS) is 10.4. The van der Waals surface area contributed by atoms with Crippen LogP contribution < -0.4 is 5.73 Å². The van der Waals surface area contributed by atoms with E-state index in [1.54, 1.807) is 29.3 Å². The quantitative estimate of drug-likeness (QED) is 0.815. The van der Waals surface area contributed by atoms with Crippen molar-refractivity contribution in [2.24, 2.45) is 0 Å². The molecule has 2 aromatic heterocycles. The van der Waals surface area contributed by atoms with Crippen molar-refractivity contribution < 1.29 is 0 Å². The van der Waals surface area contributed by atoms with Gasteiger partial charge in [-0.1, -0.05) is 11.6 Å². The zero-order chi connectivity index (χ0) is 9.97. The summed E-state index contributed by atoms with van der Waals surface area (Å²) in [6.45, 7) is 0.606. The molecule has 0 fully saturated rings. The van der Waals surface area contributed by atoms with Gasteiger partial charge in [-0.05, 0) is 12.1 Å². The van der Waals surface area contributed by atoms with Crippen LogP contribution in [0.5, 0.6) is 0 Å². The van der Waals surface area contributed by atoms with Gasteiger partial charge in [0, 0.05) is 12.4 Å². The Hall–Kier alpha value is -1.55. The molecule has 5 heteroatoms. The van der Waals surface area contributed by atoms with Crippen LogP contribution in [0, 0.1) is 0 Å². The monoisotopic (exact) mass is 208 g/mol. The second kappa shape index (κ2) is 3.67. The second-order valence-electron chi connectivity index (χ2n) is 2.94. The zero-order valence-electron chi connectivity index (χ0n) is 7.39. The highest BCUT2D eigenvalue weighted by molar-refractivity contribution is 6.30. The van der Waals surface area contributed by atoms with Gasteiger partial charge in [-0.15, -0.1) is 0 Å². The molecule has 2 aromatic rings. The van der Waals surface area contributed by atoms with E-state index in [-0.39, 0.29) is 0 Å². The van der Waals surface area contributed by atoms with Gasteiger partial charge in [-0.3, -0.25) is 9.67 Å². The van der Waals surface area contributed by atoms with E-state index in [0.717, 1.165) is 5.69 Å². The first-order valence-corrected chi connectivity index (χ1v) is 4.50. The molecule has 0 unspecified atom stereocenters. The molecular weight excluding hydrogens is 200 g/mol. The van der Waals surface area contributed by atoms with Gasteiger partial charge in [0.25, 0.3) is 0 Å². The van der Waals surface area contributed by atoms with E-state index >= 15 is 0 Å². The van der Waals surface area contributed by atoms with Crippen LogP contribution in [0.3, 0.4) is 0 Å². The summed E-state index contributed by atoms with van der Waals surface area (Å²) in [5.41, 5.74) is 7.08. The van der Waals surface area contributed by atoms with E-state index in [1.807, 2.05) is 6.07 Å². The minimum absolute atomic E-state index is 0.606. The third kappa shape index (κ3) is 2.03. The Kier molecular flexibility index (Phi) is 2.37. The van der Waals surface area contributed by atoms with Crippen LogP contribution in [0.25, 0.3) is 0 Å². The molecule has 72 valence electrons. The highest BCUT2D eigenvalue weighted by Crippen LogP contribution is 2.07. The summed E-state index contributed by atoms with van der Waals surface area (Å²) >= 11 is 5.71. The average molecular weight is 209 g/mol. The summed E-state index contributed by atoms with van der Waals surface area (Å²) in [7, 11) is 0. The number of anilines is 1. The number of nitrogen functional groups attached to an aromatic ring is 1. The highest BCUT2D eigenvalue weighted by atomic mass is 35.5. The molecule has 4 nitrogen and oxygen atoms in total. The van der Waals surface area contributed by atoms with Crippen molar-refractivity contribution in [3.63, 3.8) is 0 Å². The minimum atomic E-state index is 0.606. The van der Waals surface area contributed by atoms with Crippen molar-refractivity contribution >= 4 is 17.3 Å². The maximum atomic E-state index is 5.71. The number of nitrogens with two attached hydrogens (primary N) is 1. The van der Waals surface area contributed by atoms with Gasteiger partial charge in [0.2, 0.25) is 0 Å². The Bertz CT molecular complexity index is 421. The van der Waals surface area contributed by atoms with E-state index in [1.165, 1.54) is 0 Å². The number of hydrogen-bond acceptors (Lipinski definition) is 3. The molecule has 0 aliphatic carbocycles. The summed E-state index contributed by atoms with van der Waals surface area (Å²) < 4.78 is 1.73. The van der Waals surface area contributed by atoms with Crippen molar-refractivity contribution in [1.29, 1.82) is 0 Å². The van der Waals surface area contributed by atoms with Crippen molar-refractivity contribution in [1.82, 2.24) is 14.8 Å². The summed E-state index contributed by atoms with van der Waals surface area (Å²) in [4.78, 5) is 4.15. The Balaban J connectivity index is 2.15. The van der Waals surface area contributed by atoms with Gasteiger partial charge in [0.15, 0.2) is 0 Å². The van der Waals surface area contributed by atoms with Gasteiger partial charge in [0.05, 0.1) is 29.1 Å². The molecule has 14 heavy (non-hydrogen) atoms. The molecule has 0 saturated heterocycles. The van der Waals surface area contributed by atoms with E-state index < -0.39 is 0 Å². The molecule has 0 aliphatic rings. The van der Waals surface area contributed by atoms with Crippen LogP contribution in [-0.4, -0.2) is 14.8 Å². The predicted octanol–water partition coefficient (Wildman–Crippen LogP) is 1.56. The zero-order valence-corrected chi connectivity index (χ0v) is 8.15. The predicted molar refractivity (Wildman–Crippen MR) is 55.0 cm³/mol. The summed E-state index contributed by atoms with van der Waals surface area (Å²) in [5.74, 6) is 0. The van der Waals surface area contributed by atoms with E-state index in [9.17, 15) is 0 Å². The van der Waals surface area contributed by atoms with Gasteiger partial charge < -0.3 is 5.73 Å². The molecule has 0 saturated carbocycles. The average Bonchev–Trinajstić information content (AvgIpc) is 2.56. The molecular formula is C9H9ClN4. The minimum Gasteiger partial charge on any atom is -0.396 e. The van der Waals surface area contributed by atoms with Gasteiger partial charge >= 0.3 is 0 Å². The van der Waals surface area contributed by atoms with Crippen molar-refractivity contribution in [3.05, 3.63) is 41.4 Å². The smallest absolute Gasteiger partial charge is 0.0832 e. The maximum absolute atomic E-state index is 5.71. The fourth-order valence-corrected chi connectivity index (χ4v) is 1.24. The number of halogens is 1. The Morgan fingerprint density at radius 2 is 2.21 bits per heavy atom. The molecule has 0 amide bonds. The second-order valence-corrected chi connectivity index (χ2v) is 3.38. The van der Waals surface area contributed by atoms with Crippen LogP contribution >= 0.6 is 11.6 Å². The van der Waals surface area contributed by atoms with Gasteiger partial charge in [-0.25, -0.2) is 0 Å². The lowest BCUT2D eigenvalue weighted by molar-refractivity contribution is 0.673. The third-order valence-corrected chi connectivity index (χ3v) is 1.99. The first kappa shape index (κ1) is 9.02. The van der Waals surface area contributed by atoms with Crippen molar-refractivity contribution in [2.45, 2.75) is 6.54 Å². The maximum Gasteiger partial charge on any atom is 0.0832 e. The molecule has 2 heterocycles. The molecule has 2 N–H and O–H groups in total. The number of rotatable bonds is 2. The summed E-state index contributed by atoms with van der Waals surface area (Å²) in [5, 5.41) is 4.69. The molecule has 0 aromatic carbocycles. The molecule has 0 aliphatic heterocycles. The van der Waals surface area contributed by atoms with Crippen LogP contribution in [0.1, 0.15) is 5.69 Å². The molecule has 0 radical (unpaired) electrons. The Morgan fingerprint density at radius 3 is 2.79 bits per heavy atom. The molecule has 0 spiro atoms.